The maximum Gasteiger partial charge on any atom is 0.325 e. The third-order valence-electron chi connectivity index (χ3n) is 2.38. The number of carboxylic acids is 1. The summed E-state index contributed by atoms with van der Waals surface area (Å²) in [7, 11) is 1.57. The van der Waals surface area contributed by atoms with Crippen LogP contribution in [-0.2, 0) is 16.1 Å². The lowest BCUT2D eigenvalue weighted by Gasteiger charge is -2.15. The van der Waals surface area contributed by atoms with Crippen molar-refractivity contribution in [1.29, 1.82) is 0 Å². The Hall–Kier alpha value is -2.09. The Kier molecular flexibility index (Phi) is 5.80. The molecule has 0 aliphatic rings. The van der Waals surface area contributed by atoms with Crippen molar-refractivity contribution in [1.82, 2.24) is 15.1 Å². The minimum atomic E-state index is -0.995. The zero-order valence-electron chi connectivity index (χ0n) is 10.9. The van der Waals surface area contributed by atoms with E-state index in [2.05, 4.69) is 15.7 Å². The Balaban J connectivity index is 2.47. The van der Waals surface area contributed by atoms with Crippen LogP contribution in [0.1, 0.15) is 13.3 Å². The smallest absolute Gasteiger partial charge is 0.325 e. The van der Waals surface area contributed by atoms with Crippen LogP contribution in [0.25, 0.3) is 0 Å². The second-order valence-electron chi connectivity index (χ2n) is 3.98. The number of urea groups is 1. The quantitative estimate of drug-likeness (QED) is 0.669. The molecule has 0 saturated heterocycles. The first-order chi connectivity index (χ1) is 9.05. The SMILES string of the molecule is CCC(COC)NC(=O)Nc1cnn(CC(=O)O)c1. The maximum atomic E-state index is 11.7. The van der Waals surface area contributed by atoms with Crippen LogP contribution in [0, 0.1) is 0 Å². The van der Waals surface area contributed by atoms with Gasteiger partial charge in [0.1, 0.15) is 6.54 Å². The summed E-state index contributed by atoms with van der Waals surface area (Å²) in [5.41, 5.74) is 0.436. The molecular weight excluding hydrogens is 252 g/mol. The molecule has 0 aliphatic heterocycles. The summed E-state index contributed by atoms with van der Waals surface area (Å²) in [5.74, 6) is -0.995. The van der Waals surface area contributed by atoms with Gasteiger partial charge in [0.2, 0.25) is 0 Å². The molecule has 0 bridgehead atoms. The molecule has 1 rings (SSSR count). The molecule has 0 fully saturated rings. The van der Waals surface area contributed by atoms with Gasteiger partial charge in [-0.2, -0.15) is 5.10 Å². The molecule has 3 N–H and O–H groups in total. The van der Waals surface area contributed by atoms with E-state index in [-0.39, 0.29) is 18.6 Å². The summed E-state index contributed by atoms with van der Waals surface area (Å²) in [4.78, 5) is 22.1. The highest BCUT2D eigenvalue weighted by Gasteiger charge is 2.11. The molecule has 1 aromatic rings. The molecule has 0 radical (unpaired) electrons. The van der Waals surface area contributed by atoms with Crippen LogP contribution in [-0.4, -0.2) is 46.6 Å². The minimum absolute atomic E-state index is 0.0703. The third-order valence-corrected chi connectivity index (χ3v) is 2.38. The Labute approximate surface area is 110 Å². The van der Waals surface area contributed by atoms with Crippen LogP contribution in [0.5, 0.6) is 0 Å². The summed E-state index contributed by atoms with van der Waals surface area (Å²) in [5, 5.41) is 17.7. The highest BCUT2D eigenvalue weighted by Crippen LogP contribution is 2.04. The fourth-order valence-electron chi connectivity index (χ4n) is 1.47. The topological polar surface area (TPSA) is 105 Å². The zero-order chi connectivity index (χ0) is 14.3. The minimum Gasteiger partial charge on any atom is -0.480 e. The first kappa shape index (κ1) is 15.0. The number of hydrogen-bond acceptors (Lipinski definition) is 4. The number of anilines is 1. The number of aromatic nitrogens is 2. The van der Waals surface area contributed by atoms with Crippen molar-refractivity contribution < 1.29 is 19.4 Å². The number of nitrogens with zero attached hydrogens (tertiary/aromatic N) is 2. The largest absolute Gasteiger partial charge is 0.480 e. The van der Waals surface area contributed by atoms with Crippen LogP contribution < -0.4 is 10.6 Å². The van der Waals surface area contributed by atoms with Crippen LogP contribution in [0.3, 0.4) is 0 Å². The summed E-state index contributed by atoms with van der Waals surface area (Å²) in [6, 6.07) is -0.446. The molecule has 1 aromatic heterocycles. The number of hydrogen-bond donors (Lipinski definition) is 3. The van der Waals surface area contributed by atoms with Gasteiger partial charge in [0.25, 0.3) is 0 Å². The van der Waals surface area contributed by atoms with Gasteiger partial charge in [-0.15, -0.1) is 0 Å². The summed E-state index contributed by atoms with van der Waals surface area (Å²) < 4.78 is 6.20. The predicted octanol–water partition coefficient (Wildman–Crippen LogP) is 0.514. The van der Waals surface area contributed by atoms with Gasteiger partial charge in [0.15, 0.2) is 0 Å². The molecule has 1 heterocycles. The third kappa shape index (κ3) is 5.38. The van der Waals surface area contributed by atoms with Crippen molar-refractivity contribution in [3.8, 4) is 0 Å². The molecule has 1 unspecified atom stereocenters. The van der Waals surface area contributed by atoms with Crippen LogP contribution >= 0.6 is 0 Å². The van der Waals surface area contributed by atoms with Gasteiger partial charge in [0.05, 0.1) is 24.5 Å². The van der Waals surface area contributed by atoms with E-state index in [0.29, 0.717) is 12.3 Å². The number of ether oxygens (including phenoxy) is 1. The lowest BCUT2D eigenvalue weighted by Crippen LogP contribution is -2.40. The average Bonchev–Trinajstić information content (AvgIpc) is 2.74. The van der Waals surface area contributed by atoms with E-state index in [9.17, 15) is 9.59 Å². The van der Waals surface area contributed by atoms with Crippen molar-refractivity contribution in [2.24, 2.45) is 0 Å². The zero-order valence-corrected chi connectivity index (χ0v) is 10.9. The molecule has 19 heavy (non-hydrogen) atoms. The number of rotatable bonds is 7. The van der Waals surface area contributed by atoms with Crippen molar-refractivity contribution in [2.75, 3.05) is 19.0 Å². The fraction of sp³-hybridized carbons (Fsp3) is 0.545. The molecule has 8 heteroatoms. The number of amides is 2. The van der Waals surface area contributed by atoms with Gasteiger partial charge in [-0.25, -0.2) is 4.79 Å². The first-order valence-electron chi connectivity index (χ1n) is 5.85. The molecule has 0 saturated carbocycles. The van der Waals surface area contributed by atoms with E-state index in [1.165, 1.54) is 17.1 Å². The number of carbonyl (C=O) groups excluding carboxylic acids is 1. The van der Waals surface area contributed by atoms with Gasteiger partial charge in [-0.1, -0.05) is 6.92 Å². The lowest BCUT2D eigenvalue weighted by molar-refractivity contribution is -0.137. The molecule has 8 nitrogen and oxygen atoms in total. The van der Waals surface area contributed by atoms with Crippen molar-refractivity contribution >= 4 is 17.7 Å². The Morgan fingerprint density at radius 1 is 1.58 bits per heavy atom. The second kappa shape index (κ2) is 7.37. The molecule has 0 aliphatic carbocycles. The van der Waals surface area contributed by atoms with Gasteiger partial charge >= 0.3 is 12.0 Å². The van der Waals surface area contributed by atoms with E-state index in [4.69, 9.17) is 9.84 Å². The van der Waals surface area contributed by atoms with Crippen LogP contribution in [0.15, 0.2) is 12.4 Å². The van der Waals surface area contributed by atoms with Gasteiger partial charge in [-0.05, 0) is 6.42 Å². The highest BCUT2D eigenvalue weighted by molar-refractivity contribution is 5.89. The number of aliphatic carboxylic acids is 1. The average molecular weight is 270 g/mol. The van der Waals surface area contributed by atoms with E-state index < -0.39 is 5.97 Å². The second-order valence-corrected chi connectivity index (χ2v) is 3.98. The molecule has 0 aromatic carbocycles. The van der Waals surface area contributed by atoms with E-state index in [0.717, 1.165) is 6.42 Å². The fourth-order valence-corrected chi connectivity index (χ4v) is 1.47. The highest BCUT2D eigenvalue weighted by atomic mass is 16.5. The Morgan fingerprint density at radius 3 is 2.89 bits per heavy atom. The number of nitrogens with one attached hydrogen (secondary N) is 2. The maximum absolute atomic E-state index is 11.7. The summed E-state index contributed by atoms with van der Waals surface area (Å²) in [6.07, 6.45) is 3.59. The number of carbonyl (C=O) groups is 2. The van der Waals surface area contributed by atoms with E-state index in [1.54, 1.807) is 7.11 Å². The lowest BCUT2D eigenvalue weighted by atomic mass is 10.2. The van der Waals surface area contributed by atoms with Crippen LogP contribution in [0.2, 0.25) is 0 Å². The molecule has 2 amide bonds. The van der Waals surface area contributed by atoms with Crippen LogP contribution in [0.4, 0.5) is 10.5 Å². The summed E-state index contributed by atoms with van der Waals surface area (Å²) >= 11 is 0. The first-order valence-corrected chi connectivity index (χ1v) is 5.85. The molecule has 1 atom stereocenters. The molecule has 106 valence electrons. The molecule has 0 spiro atoms. The van der Waals surface area contributed by atoms with Gasteiger partial charge in [0, 0.05) is 13.3 Å². The summed E-state index contributed by atoms with van der Waals surface area (Å²) in [6.45, 7) is 2.13. The Morgan fingerprint density at radius 2 is 2.32 bits per heavy atom. The standard InChI is InChI=1S/C11H18N4O4/c1-3-8(7-19-2)13-11(18)14-9-4-12-15(5-9)6-10(16)17/h4-5,8H,3,6-7H2,1-2H3,(H,16,17)(H2,13,14,18). The van der Waals surface area contributed by atoms with Gasteiger partial charge in [-0.3, -0.25) is 9.48 Å². The van der Waals surface area contributed by atoms with E-state index >= 15 is 0 Å². The molecular formula is C11H18N4O4. The predicted molar refractivity (Wildman–Crippen MR) is 68.0 cm³/mol. The van der Waals surface area contributed by atoms with Crippen molar-refractivity contribution in [3.63, 3.8) is 0 Å². The van der Waals surface area contributed by atoms with Crippen molar-refractivity contribution in [2.45, 2.75) is 25.9 Å². The van der Waals surface area contributed by atoms with Crippen molar-refractivity contribution in [3.05, 3.63) is 12.4 Å². The Bertz CT molecular complexity index is 432. The van der Waals surface area contributed by atoms with E-state index in [1.807, 2.05) is 6.92 Å². The normalized spacial score (nSPS) is 11.9. The monoisotopic (exact) mass is 270 g/mol. The number of carboxylic acid groups (broad SMARTS) is 1. The number of methoxy groups -OCH3 is 1. The van der Waals surface area contributed by atoms with Gasteiger partial charge < -0.3 is 20.5 Å².